The summed E-state index contributed by atoms with van der Waals surface area (Å²) in [6.45, 7) is 3.68. The number of hydrogen-bond acceptors (Lipinski definition) is 3. The van der Waals surface area contributed by atoms with Crippen molar-refractivity contribution in [2.24, 2.45) is 5.73 Å². The van der Waals surface area contributed by atoms with Crippen molar-refractivity contribution in [1.29, 1.82) is 0 Å². The van der Waals surface area contributed by atoms with E-state index in [-0.39, 0.29) is 6.54 Å². The molecule has 0 aliphatic heterocycles. The summed E-state index contributed by atoms with van der Waals surface area (Å²) in [6, 6.07) is 3.75. The average Bonchev–Trinajstić information content (AvgIpc) is 2.40. The zero-order chi connectivity index (χ0) is 14.9. The van der Waals surface area contributed by atoms with Crippen molar-refractivity contribution < 1.29 is 13.2 Å². The summed E-state index contributed by atoms with van der Waals surface area (Å²) in [5.74, 6) is 0. The van der Waals surface area contributed by atoms with Gasteiger partial charge in [-0.15, -0.1) is 0 Å². The number of aromatic nitrogens is 2. The molecule has 0 saturated heterocycles. The average molecular weight is 281 g/mol. The normalized spacial score (nSPS) is 11.7. The van der Waals surface area contributed by atoms with E-state index in [0.29, 0.717) is 16.8 Å². The quantitative estimate of drug-likeness (QED) is 0.919. The van der Waals surface area contributed by atoms with Crippen molar-refractivity contribution in [3.8, 4) is 11.3 Å². The number of rotatable bonds is 2. The molecular formula is C14H14F3N3. The minimum Gasteiger partial charge on any atom is -0.326 e. The minimum absolute atomic E-state index is 0.0369. The highest BCUT2D eigenvalue weighted by molar-refractivity contribution is 5.65. The first-order chi connectivity index (χ1) is 9.32. The molecule has 0 fully saturated rings. The van der Waals surface area contributed by atoms with Crippen LogP contribution in [0.4, 0.5) is 13.2 Å². The van der Waals surface area contributed by atoms with Gasteiger partial charge in [0.05, 0.1) is 17.5 Å². The molecule has 2 rings (SSSR count). The van der Waals surface area contributed by atoms with Gasteiger partial charge in [0, 0.05) is 12.1 Å². The number of nitrogens with zero attached hydrogens (tertiary/aromatic N) is 2. The van der Waals surface area contributed by atoms with Crippen LogP contribution < -0.4 is 5.73 Å². The molecule has 0 aliphatic carbocycles. The molecule has 2 aromatic rings. The van der Waals surface area contributed by atoms with Gasteiger partial charge in [-0.2, -0.15) is 23.4 Å². The molecule has 106 valence electrons. The lowest BCUT2D eigenvalue weighted by Crippen LogP contribution is -2.08. The molecule has 0 amide bonds. The van der Waals surface area contributed by atoms with Crippen LogP contribution in [-0.4, -0.2) is 10.2 Å². The summed E-state index contributed by atoms with van der Waals surface area (Å²) in [7, 11) is 0. The number of alkyl halides is 3. The molecule has 1 aromatic heterocycles. The van der Waals surface area contributed by atoms with E-state index in [2.05, 4.69) is 10.2 Å². The highest BCUT2D eigenvalue weighted by Gasteiger charge is 2.31. The second kappa shape index (κ2) is 5.20. The Kier molecular flexibility index (Phi) is 3.76. The van der Waals surface area contributed by atoms with Crippen LogP contribution in [0.5, 0.6) is 0 Å². The first-order valence-corrected chi connectivity index (χ1v) is 6.03. The molecule has 0 spiro atoms. The van der Waals surface area contributed by atoms with Crippen molar-refractivity contribution in [1.82, 2.24) is 10.2 Å². The van der Waals surface area contributed by atoms with E-state index in [4.69, 9.17) is 5.73 Å². The predicted molar refractivity (Wildman–Crippen MR) is 69.8 cm³/mol. The Hall–Kier alpha value is -1.95. The number of nitrogens with two attached hydrogens (primary N) is 1. The van der Waals surface area contributed by atoms with Gasteiger partial charge in [-0.25, -0.2) is 0 Å². The number of benzene rings is 1. The van der Waals surface area contributed by atoms with Crippen molar-refractivity contribution >= 4 is 0 Å². The van der Waals surface area contributed by atoms with Crippen LogP contribution in [0.2, 0.25) is 0 Å². The Bertz CT molecular complexity index is 636. The van der Waals surface area contributed by atoms with Gasteiger partial charge < -0.3 is 5.73 Å². The second-order valence-corrected chi connectivity index (χ2v) is 4.62. The molecular weight excluding hydrogens is 267 g/mol. The minimum atomic E-state index is -4.41. The molecule has 20 heavy (non-hydrogen) atoms. The third-order valence-electron chi connectivity index (χ3n) is 3.19. The smallest absolute Gasteiger partial charge is 0.326 e. The molecule has 1 heterocycles. The topological polar surface area (TPSA) is 51.8 Å². The molecule has 0 radical (unpaired) electrons. The van der Waals surface area contributed by atoms with E-state index < -0.39 is 11.7 Å². The molecule has 1 aromatic carbocycles. The van der Waals surface area contributed by atoms with Gasteiger partial charge in [0.15, 0.2) is 0 Å². The molecule has 0 aliphatic rings. The maximum atomic E-state index is 12.9. The maximum Gasteiger partial charge on any atom is 0.416 e. The fourth-order valence-corrected chi connectivity index (χ4v) is 1.92. The van der Waals surface area contributed by atoms with Crippen molar-refractivity contribution in [3.63, 3.8) is 0 Å². The van der Waals surface area contributed by atoms with E-state index in [1.165, 1.54) is 0 Å². The number of hydrogen-bond donors (Lipinski definition) is 1. The molecule has 0 saturated carbocycles. The SMILES string of the molecule is Cc1cnnc(-c2cc(CN)cc(C(F)(F)F)c2)c1C. The third-order valence-corrected chi connectivity index (χ3v) is 3.19. The molecule has 3 nitrogen and oxygen atoms in total. The Labute approximate surface area is 114 Å². The molecule has 2 N–H and O–H groups in total. The zero-order valence-corrected chi connectivity index (χ0v) is 11.1. The Balaban J connectivity index is 2.65. The van der Waals surface area contributed by atoms with Gasteiger partial charge >= 0.3 is 6.18 Å². The number of aryl methyl sites for hydroxylation is 1. The van der Waals surface area contributed by atoms with Gasteiger partial charge in [0.25, 0.3) is 0 Å². The largest absolute Gasteiger partial charge is 0.416 e. The highest BCUT2D eigenvalue weighted by Crippen LogP contribution is 2.33. The highest BCUT2D eigenvalue weighted by atomic mass is 19.4. The monoisotopic (exact) mass is 281 g/mol. The molecule has 0 unspecified atom stereocenters. The summed E-state index contributed by atoms with van der Waals surface area (Å²) >= 11 is 0. The first-order valence-electron chi connectivity index (χ1n) is 6.03. The maximum absolute atomic E-state index is 12.9. The predicted octanol–water partition coefficient (Wildman–Crippen LogP) is 3.24. The van der Waals surface area contributed by atoms with Crippen molar-refractivity contribution in [3.05, 3.63) is 46.6 Å². The van der Waals surface area contributed by atoms with E-state index in [9.17, 15) is 13.2 Å². The Morgan fingerprint density at radius 3 is 2.45 bits per heavy atom. The van der Waals surface area contributed by atoms with E-state index in [1.54, 1.807) is 12.3 Å². The van der Waals surface area contributed by atoms with Gasteiger partial charge in [0.2, 0.25) is 0 Å². The summed E-state index contributed by atoms with van der Waals surface area (Å²) < 4.78 is 38.7. The van der Waals surface area contributed by atoms with Gasteiger partial charge in [-0.3, -0.25) is 0 Å². The van der Waals surface area contributed by atoms with E-state index in [0.717, 1.165) is 23.3 Å². The van der Waals surface area contributed by atoms with Crippen LogP contribution in [0, 0.1) is 13.8 Å². The van der Waals surface area contributed by atoms with Gasteiger partial charge in [0.1, 0.15) is 0 Å². The summed E-state index contributed by atoms with van der Waals surface area (Å²) in [6.07, 6.45) is -2.83. The zero-order valence-electron chi connectivity index (χ0n) is 11.1. The van der Waals surface area contributed by atoms with Gasteiger partial charge in [-0.1, -0.05) is 0 Å². The first kappa shape index (κ1) is 14.5. The Morgan fingerprint density at radius 1 is 1.15 bits per heavy atom. The second-order valence-electron chi connectivity index (χ2n) is 4.62. The van der Waals surface area contributed by atoms with Crippen molar-refractivity contribution in [2.75, 3.05) is 0 Å². The summed E-state index contributed by atoms with van der Waals surface area (Å²) in [5, 5.41) is 7.76. The van der Waals surface area contributed by atoms with E-state index in [1.807, 2.05) is 13.8 Å². The van der Waals surface area contributed by atoms with Crippen LogP contribution in [0.15, 0.2) is 24.4 Å². The summed E-state index contributed by atoms with van der Waals surface area (Å²) in [5.41, 5.74) is 7.68. The lowest BCUT2D eigenvalue weighted by atomic mass is 9.99. The lowest BCUT2D eigenvalue weighted by Gasteiger charge is -2.12. The molecule has 0 atom stereocenters. The van der Waals surface area contributed by atoms with Gasteiger partial charge in [-0.05, 0) is 48.7 Å². The van der Waals surface area contributed by atoms with E-state index >= 15 is 0 Å². The van der Waals surface area contributed by atoms with Crippen LogP contribution in [0.1, 0.15) is 22.3 Å². The number of halogens is 3. The van der Waals surface area contributed by atoms with Crippen LogP contribution >= 0.6 is 0 Å². The third kappa shape index (κ3) is 2.80. The van der Waals surface area contributed by atoms with Crippen LogP contribution in [0.3, 0.4) is 0 Å². The van der Waals surface area contributed by atoms with Crippen LogP contribution in [-0.2, 0) is 12.7 Å². The van der Waals surface area contributed by atoms with Crippen molar-refractivity contribution in [2.45, 2.75) is 26.6 Å². The fraction of sp³-hybridized carbons (Fsp3) is 0.286. The Morgan fingerprint density at radius 2 is 1.85 bits per heavy atom. The molecule has 6 heteroatoms. The standard InChI is InChI=1S/C14H14F3N3/c1-8-7-19-20-13(9(8)2)11-3-10(6-18)4-12(5-11)14(15,16)17/h3-5,7H,6,18H2,1-2H3. The fourth-order valence-electron chi connectivity index (χ4n) is 1.92. The van der Waals surface area contributed by atoms with Crippen LogP contribution in [0.25, 0.3) is 11.3 Å². The lowest BCUT2D eigenvalue weighted by molar-refractivity contribution is -0.137. The molecule has 0 bridgehead atoms. The summed E-state index contributed by atoms with van der Waals surface area (Å²) in [4.78, 5) is 0.